The van der Waals surface area contributed by atoms with Gasteiger partial charge in [0, 0.05) is 12.1 Å². The van der Waals surface area contributed by atoms with Crippen molar-refractivity contribution in [2.24, 2.45) is 5.92 Å². The topological polar surface area (TPSA) is 41.1 Å². The zero-order valence-electron chi connectivity index (χ0n) is 10.8. The highest BCUT2D eigenvalue weighted by atomic mass is 16.2. The molecule has 0 atom stereocenters. The molecule has 15 heavy (non-hydrogen) atoms. The van der Waals surface area contributed by atoms with Crippen LogP contribution in [0.2, 0.25) is 0 Å². The Balaban J connectivity index is 3.40. The Kier molecular flexibility index (Phi) is 6.37. The molecule has 0 fully saturated rings. The van der Waals surface area contributed by atoms with Crippen molar-refractivity contribution in [2.75, 3.05) is 6.54 Å². The quantitative estimate of drug-likeness (QED) is 0.679. The lowest BCUT2D eigenvalue weighted by Crippen LogP contribution is -2.46. The molecule has 0 unspecified atom stereocenters. The van der Waals surface area contributed by atoms with Crippen LogP contribution in [0.5, 0.6) is 0 Å². The number of carbonyl (C=O) groups is 1. The summed E-state index contributed by atoms with van der Waals surface area (Å²) in [5.74, 6) is 0.758. The molecule has 0 aliphatic heterocycles. The highest BCUT2D eigenvalue weighted by Gasteiger charge is 2.12. The maximum atomic E-state index is 11.3. The highest BCUT2D eigenvalue weighted by molar-refractivity contribution is 5.74. The van der Waals surface area contributed by atoms with E-state index in [9.17, 15) is 4.79 Å². The molecule has 0 aliphatic carbocycles. The van der Waals surface area contributed by atoms with Crippen LogP contribution >= 0.6 is 0 Å². The maximum absolute atomic E-state index is 11.3. The predicted molar refractivity (Wildman–Crippen MR) is 65.0 cm³/mol. The fraction of sp³-hybridized carbons (Fsp3) is 0.917. The molecular weight excluding hydrogens is 188 g/mol. The van der Waals surface area contributed by atoms with Gasteiger partial charge in [-0.1, -0.05) is 26.7 Å². The van der Waals surface area contributed by atoms with Crippen molar-refractivity contribution in [3.8, 4) is 0 Å². The Hall–Kier alpha value is -0.730. The Labute approximate surface area is 94.0 Å². The van der Waals surface area contributed by atoms with Crippen LogP contribution in [0, 0.1) is 5.92 Å². The van der Waals surface area contributed by atoms with Crippen LogP contribution in [-0.4, -0.2) is 18.1 Å². The summed E-state index contributed by atoms with van der Waals surface area (Å²) in [6, 6.07) is -0.0629. The minimum Gasteiger partial charge on any atom is -0.338 e. The summed E-state index contributed by atoms with van der Waals surface area (Å²) < 4.78 is 0. The summed E-state index contributed by atoms with van der Waals surface area (Å²) in [6.07, 6.45) is 3.49. The van der Waals surface area contributed by atoms with Crippen LogP contribution in [0.25, 0.3) is 0 Å². The average Bonchev–Trinajstić information content (AvgIpc) is 1.99. The average molecular weight is 214 g/mol. The molecule has 2 amide bonds. The Morgan fingerprint density at radius 2 is 1.80 bits per heavy atom. The van der Waals surface area contributed by atoms with Crippen molar-refractivity contribution in [3.63, 3.8) is 0 Å². The van der Waals surface area contributed by atoms with Crippen molar-refractivity contribution in [2.45, 2.75) is 59.4 Å². The lowest BCUT2D eigenvalue weighted by Gasteiger charge is -2.20. The summed E-state index contributed by atoms with van der Waals surface area (Å²) in [6.45, 7) is 11.1. The van der Waals surface area contributed by atoms with E-state index in [1.807, 2.05) is 20.8 Å². The number of carbonyl (C=O) groups excluding carboxylic acids is 1. The van der Waals surface area contributed by atoms with Gasteiger partial charge >= 0.3 is 6.03 Å². The first kappa shape index (κ1) is 14.3. The molecular formula is C12H26N2O. The van der Waals surface area contributed by atoms with Crippen LogP contribution < -0.4 is 10.6 Å². The lowest BCUT2D eigenvalue weighted by molar-refractivity contribution is 0.232. The Morgan fingerprint density at radius 1 is 1.20 bits per heavy atom. The standard InChI is InChI=1S/C12H26N2O/c1-10(2)8-6-7-9-13-11(15)14-12(3,4)5/h10H,6-9H2,1-5H3,(H2,13,14,15). The third-order valence-corrected chi connectivity index (χ3v) is 1.98. The Morgan fingerprint density at radius 3 is 2.27 bits per heavy atom. The Bertz CT molecular complexity index is 183. The second-order valence-corrected chi connectivity index (χ2v) is 5.52. The number of hydrogen-bond donors (Lipinski definition) is 2. The number of unbranched alkanes of at least 4 members (excludes halogenated alkanes) is 1. The molecule has 0 aromatic rings. The smallest absolute Gasteiger partial charge is 0.315 e. The van der Waals surface area contributed by atoms with Gasteiger partial charge in [-0.2, -0.15) is 0 Å². The number of amides is 2. The molecule has 0 saturated carbocycles. The minimum absolute atomic E-state index is 0.0629. The van der Waals surface area contributed by atoms with Crippen molar-refractivity contribution in [3.05, 3.63) is 0 Å². The van der Waals surface area contributed by atoms with Gasteiger partial charge in [0.2, 0.25) is 0 Å². The largest absolute Gasteiger partial charge is 0.338 e. The fourth-order valence-electron chi connectivity index (χ4n) is 1.26. The van der Waals surface area contributed by atoms with Gasteiger partial charge in [0.25, 0.3) is 0 Å². The van der Waals surface area contributed by atoms with Gasteiger partial charge in [-0.05, 0) is 33.1 Å². The number of rotatable bonds is 5. The summed E-state index contributed by atoms with van der Waals surface area (Å²) >= 11 is 0. The van der Waals surface area contributed by atoms with Gasteiger partial charge < -0.3 is 10.6 Å². The molecule has 90 valence electrons. The van der Waals surface area contributed by atoms with Crippen LogP contribution in [-0.2, 0) is 0 Å². The van der Waals surface area contributed by atoms with Crippen LogP contribution in [0.4, 0.5) is 4.79 Å². The number of urea groups is 1. The molecule has 0 aromatic heterocycles. The minimum atomic E-state index is -0.151. The van der Waals surface area contributed by atoms with Crippen molar-refractivity contribution in [1.29, 1.82) is 0 Å². The molecule has 0 aliphatic rings. The van der Waals surface area contributed by atoms with Gasteiger partial charge in [0.1, 0.15) is 0 Å². The monoisotopic (exact) mass is 214 g/mol. The fourth-order valence-corrected chi connectivity index (χ4v) is 1.26. The molecule has 2 N–H and O–H groups in total. The van der Waals surface area contributed by atoms with Gasteiger partial charge in [0.05, 0.1) is 0 Å². The molecule has 3 heteroatoms. The summed E-state index contributed by atoms with van der Waals surface area (Å²) in [7, 11) is 0. The molecule has 0 heterocycles. The molecule has 0 radical (unpaired) electrons. The van der Waals surface area contributed by atoms with E-state index in [1.54, 1.807) is 0 Å². The normalized spacial score (nSPS) is 11.6. The number of hydrogen-bond acceptors (Lipinski definition) is 1. The van der Waals surface area contributed by atoms with E-state index < -0.39 is 0 Å². The SMILES string of the molecule is CC(C)CCCCNC(=O)NC(C)(C)C. The molecule has 0 bridgehead atoms. The van der Waals surface area contributed by atoms with Crippen molar-refractivity contribution in [1.82, 2.24) is 10.6 Å². The van der Waals surface area contributed by atoms with E-state index in [0.717, 1.165) is 18.9 Å². The van der Waals surface area contributed by atoms with Crippen LogP contribution in [0.15, 0.2) is 0 Å². The van der Waals surface area contributed by atoms with E-state index in [1.165, 1.54) is 12.8 Å². The second-order valence-electron chi connectivity index (χ2n) is 5.52. The first-order valence-electron chi connectivity index (χ1n) is 5.87. The van der Waals surface area contributed by atoms with E-state index >= 15 is 0 Å². The second kappa shape index (κ2) is 6.70. The molecule has 0 rings (SSSR count). The van der Waals surface area contributed by atoms with E-state index in [4.69, 9.17) is 0 Å². The van der Waals surface area contributed by atoms with Gasteiger partial charge in [0.15, 0.2) is 0 Å². The summed E-state index contributed by atoms with van der Waals surface area (Å²) in [5.41, 5.74) is -0.151. The first-order chi connectivity index (χ1) is 6.81. The van der Waals surface area contributed by atoms with Crippen LogP contribution in [0.1, 0.15) is 53.9 Å². The zero-order chi connectivity index (χ0) is 11.9. The lowest BCUT2D eigenvalue weighted by atomic mass is 10.1. The van der Waals surface area contributed by atoms with Crippen molar-refractivity contribution >= 4 is 6.03 Å². The van der Waals surface area contributed by atoms with E-state index in [2.05, 4.69) is 24.5 Å². The van der Waals surface area contributed by atoms with Crippen LogP contribution in [0.3, 0.4) is 0 Å². The summed E-state index contributed by atoms with van der Waals surface area (Å²) in [4.78, 5) is 11.3. The van der Waals surface area contributed by atoms with Gasteiger partial charge in [-0.15, -0.1) is 0 Å². The third kappa shape index (κ3) is 11.2. The highest BCUT2D eigenvalue weighted by Crippen LogP contribution is 2.05. The zero-order valence-corrected chi connectivity index (χ0v) is 10.8. The first-order valence-corrected chi connectivity index (χ1v) is 5.87. The predicted octanol–water partition coefficient (Wildman–Crippen LogP) is 2.91. The van der Waals surface area contributed by atoms with Crippen molar-refractivity contribution < 1.29 is 4.79 Å². The van der Waals surface area contributed by atoms with E-state index in [0.29, 0.717) is 0 Å². The van der Waals surface area contributed by atoms with Gasteiger partial charge in [-0.3, -0.25) is 0 Å². The molecule has 0 aromatic carbocycles. The van der Waals surface area contributed by atoms with E-state index in [-0.39, 0.29) is 11.6 Å². The molecule has 0 spiro atoms. The van der Waals surface area contributed by atoms with Gasteiger partial charge in [-0.25, -0.2) is 4.79 Å². The summed E-state index contributed by atoms with van der Waals surface area (Å²) in [5, 5.41) is 5.73. The maximum Gasteiger partial charge on any atom is 0.315 e. The number of nitrogens with one attached hydrogen (secondary N) is 2. The molecule has 0 saturated heterocycles. The third-order valence-electron chi connectivity index (χ3n) is 1.98. The molecule has 3 nitrogen and oxygen atoms in total.